The maximum absolute atomic E-state index is 12.3. The molecule has 2 aromatic heterocycles. The number of hydrogen-bond acceptors (Lipinski definition) is 5. The molecule has 0 radical (unpaired) electrons. The summed E-state index contributed by atoms with van der Waals surface area (Å²) in [6, 6.07) is 13.4. The lowest BCUT2D eigenvalue weighted by Crippen LogP contribution is -2.41. The van der Waals surface area contributed by atoms with E-state index in [9.17, 15) is 9.59 Å². The van der Waals surface area contributed by atoms with Gasteiger partial charge in [0.05, 0.1) is 17.5 Å². The zero-order valence-electron chi connectivity index (χ0n) is 14.7. The van der Waals surface area contributed by atoms with Crippen molar-refractivity contribution in [2.24, 2.45) is 0 Å². The van der Waals surface area contributed by atoms with Crippen LogP contribution in [-0.4, -0.2) is 22.8 Å². The molecule has 0 saturated carbocycles. The van der Waals surface area contributed by atoms with Crippen LogP contribution in [0.5, 0.6) is 5.75 Å². The standard InChI is InChI=1S/C20H19N3O4/c1-14(22-20(25)15-8-10-26-12-15)19(24)23-16-6-4-7-18(11-16)27-13-17-5-2-3-9-21-17/h2-12,14H,13H2,1H3,(H,22,25)(H,23,24)/t14-/m0/s1. The summed E-state index contributed by atoms with van der Waals surface area (Å²) < 4.78 is 10.6. The summed E-state index contributed by atoms with van der Waals surface area (Å²) >= 11 is 0. The second-order valence-electron chi connectivity index (χ2n) is 5.83. The molecule has 0 spiro atoms. The van der Waals surface area contributed by atoms with Crippen LogP contribution < -0.4 is 15.4 Å². The highest BCUT2D eigenvalue weighted by Crippen LogP contribution is 2.18. The van der Waals surface area contributed by atoms with Gasteiger partial charge in [0.25, 0.3) is 5.91 Å². The highest BCUT2D eigenvalue weighted by atomic mass is 16.5. The molecule has 1 aromatic carbocycles. The molecule has 0 fully saturated rings. The van der Waals surface area contributed by atoms with Gasteiger partial charge in [0, 0.05) is 18.0 Å². The fourth-order valence-electron chi connectivity index (χ4n) is 2.29. The molecular formula is C20H19N3O4. The number of amides is 2. The second kappa shape index (κ2) is 8.66. The van der Waals surface area contributed by atoms with Crippen LogP contribution >= 0.6 is 0 Å². The third-order valence-electron chi connectivity index (χ3n) is 3.74. The van der Waals surface area contributed by atoms with Gasteiger partial charge in [-0.3, -0.25) is 14.6 Å². The maximum Gasteiger partial charge on any atom is 0.255 e. The Balaban J connectivity index is 1.55. The number of aromatic nitrogens is 1. The number of hydrogen-bond donors (Lipinski definition) is 2. The van der Waals surface area contributed by atoms with E-state index in [1.165, 1.54) is 18.6 Å². The Morgan fingerprint density at radius 3 is 2.81 bits per heavy atom. The third kappa shape index (κ3) is 5.18. The predicted molar refractivity (Wildman–Crippen MR) is 99.3 cm³/mol. The Bertz CT molecular complexity index is 895. The first-order chi connectivity index (χ1) is 13.1. The molecule has 7 heteroatoms. The molecule has 2 N–H and O–H groups in total. The van der Waals surface area contributed by atoms with Crippen LogP contribution in [-0.2, 0) is 11.4 Å². The van der Waals surface area contributed by atoms with Gasteiger partial charge in [-0.1, -0.05) is 12.1 Å². The van der Waals surface area contributed by atoms with E-state index >= 15 is 0 Å². The van der Waals surface area contributed by atoms with E-state index in [1.54, 1.807) is 37.4 Å². The van der Waals surface area contributed by atoms with E-state index in [1.807, 2.05) is 18.2 Å². The van der Waals surface area contributed by atoms with Crippen molar-refractivity contribution in [3.05, 3.63) is 78.5 Å². The van der Waals surface area contributed by atoms with Crippen molar-refractivity contribution < 1.29 is 18.7 Å². The van der Waals surface area contributed by atoms with Gasteiger partial charge in [0.1, 0.15) is 24.7 Å². The van der Waals surface area contributed by atoms with Crippen molar-refractivity contribution in [3.63, 3.8) is 0 Å². The quantitative estimate of drug-likeness (QED) is 0.671. The van der Waals surface area contributed by atoms with Crippen molar-refractivity contribution in [3.8, 4) is 5.75 Å². The molecule has 27 heavy (non-hydrogen) atoms. The minimum absolute atomic E-state index is 0.329. The average molecular weight is 365 g/mol. The Hall–Kier alpha value is -3.61. The molecule has 3 aromatic rings. The summed E-state index contributed by atoms with van der Waals surface area (Å²) in [7, 11) is 0. The van der Waals surface area contributed by atoms with Gasteiger partial charge < -0.3 is 19.8 Å². The van der Waals surface area contributed by atoms with E-state index in [2.05, 4.69) is 15.6 Å². The zero-order valence-corrected chi connectivity index (χ0v) is 14.7. The van der Waals surface area contributed by atoms with Crippen molar-refractivity contribution in [2.45, 2.75) is 19.6 Å². The number of rotatable bonds is 7. The lowest BCUT2D eigenvalue weighted by atomic mass is 10.2. The SMILES string of the molecule is C[C@H](NC(=O)c1ccoc1)C(=O)Nc1cccc(OCc2ccccn2)c1. The maximum atomic E-state index is 12.3. The number of furan rings is 1. The molecule has 2 heterocycles. The molecule has 0 saturated heterocycles. The summed E-state index contributed by atoms with van der Waals surface area (Å²) in [5.41, 5.74) is 1.74. The van der Waals surface area contributed by atoms with Crippen LogP contribution in [0.25, 0.3) is 0 Å². The Morgan fingerprint density at radius 2 is 2.07 bits per heavy atom. The van der Waals surface area contributed by atoms with Gasteiger partial charge >= 0.3 is 0 Å². The van der Waals surface area contributed by atoms with Crippen LogP contribution in [0.4, 0.5) is 5.69 Å². The number of nitrogens with zero attached hydrogens (tertiary/aromatic N) is 1. The minimum Gasteiger partial charge on any atom is -0.487 e. The number of nitrogens with one attached hydrogen (secondary N) is 2. The van der Waals surface area contributed by atoms with E-state index < -0.39 is 6.04 Å². The van der Waals surface area contributed by atoms with E-state index in [4.69, 9.17) is 9.15 Å². The molecule has 2 amide bonds. The van der Waals surface area contributed by atoms with E-state index in [0.29, 0.717) is 23.6 Å². The van der Waals surface area contributed by atoms with Crippen LogP contribution in [0, 0.1) is 0 Å². The summed E-state index contributed by atoms with van der Waals surface area (Å²) in [4.78, 5) is 28.5. The van der Waals surface area contributed by atoms with Gasteiger partial charge in [-0.05, 0) is 37.3 Å². The lowest BCUT2D eigenvalue weighted by Gasteiger charge is -2.14. The molecule has 0 unspecified atom stereocenters. The largest absolute Gasteiger partial charge is 0.487 e. The van der Waals surface area contributed by atoms with Gasteiger partial charge in [0.15, 0.2) is 0 Å². The average Bonchev–Trinajstić information content (AvgIpc) is 3.22. The van der Waals surface area contributed by atoms with Crippen LogP contribution in [0.15, 0.2) is 71.7 Å². The first-order valence-electron chi connectivity index (χ1n) is 8.38. The lowest BCUT2D eigenvalue weighted by molar-refractivity contribution is -0.117. The molecule has 1 atom stereocenters. The smallest absolute Gasteiger partial charge is 0.255 e. The van der Waals surface area contributed by atoms with Gasteiger partial charge in [-0.25, -0.2) is 0 Å². The van der Waals surface area contributed by atoms with Crippen molar-refractivity contribution >= 4 is 17.5 Å². The first kappa shape index (κ1) is 18.2. The van der Waals surface area contributed by atoms with Crippen LogP contribution in [0.2, 0.25) is 0 Å². The molecule has 0 aliphatic carbocycles. The second-order valence-corrected chi connectivity index (χ2v) is 5.83. The third-order valence-corrected chi connectivity index (χ3v) is 3.74. The monoisotopic (exact) mass is 365 g/mol. The molecular weight excluding hydrogens is 346 g/mol. The van der Waals surface area contributed by atoms with Gasteiger partial charge in [-0.15, -0.1) is 0 Å². The first-order valence-corrected chi connectivity index (χ1v) is 8.38. The summed E-state index contributed by atoms with van der Waals surface area (Å²) in [6.07, 6.45) is 4.42. The highest BCUT2D eigenvalue weighted by molar-refractivity contribution is 6.00. The predicted octanol–water partition coefficient (Wildman–Crippen LogP) is 3.01. The highest BCUT2D eigenvalue weighted by Gasteiger charge is 2.17. The molecule has 7 nitrogen and oxygen atoms in total. The fourth-order valence-corrected chi connectivity index (χ4v) is 2.29. The van der Waals surface area contributed by atoms with Crippen molar-refractivity contribution in [1.82, 2.24) is 10.3 Å². The normalized spacial score (nSPS) is 11.4. The number of anilines is 1. The van der Waals surface area contributed by atoms with E-state index in [0.717, 1.165) is 5.69 Å². The Morgan fingerprint density at radius 1 is 1.19 bits per heavy atom. The topological polar surface area (TPSA) is 93.5 Å². The molecule has 138 valence electrons. The van der Waals surface area contributed by atoms with Crippen molar-refractivity contribution in [1.29, 1.82) is 0 Å². The zero-order chi connectivity index (χ0) is 19.1. The summed E-state index contributed by atoms with van der Waals surface area (Å²) in [5, 5.41) is 5.37. The summed E-state index contributed by atoms with van der Waals surface area (Å²) in [6.45, 7) is 1.93. The number of carbonyl (C=O) groups is 2. The van der Waals surface area contributed by atoms with Crippen LogP contribution in [0.3, 0.4) is 0 Å². The molecule has 0 bridgehead atoms. The van der Waals surface area contributed by atoms with Gasteiger partial charge in [-0.2, -0.15) is 0 Å². The Kier molecular flexibility index (Phi) is 5.84. The molecule has 0 aliphatic heterocycles. The van der Waals surface area contributed by atoms with E-state index in [-0.39, 0.29) is 11.8 Å². The van der Waals surface area contributed by atoms with Crippen LogP contribution in [0.1, 0.15) is 23.0 Å². The molecule has 3 rings (SSSR count). The minimum atomic E-state index is -0.717. The summed E-state index contributed by atoms with van der Waals surface area (Å²) in [5.74, 6) is -0.110. The Labute approximate surface area is 156 Å². The molecule has 0 aliphatic rings. The number of ether oxygens (including phenoxy) is 1. The number of carbonyl (C=O) groups excluding carboxylic acids is 2. The number of benzene rings is 1. The van der Waals surface area contributed by atoms with Crippen molar-refractivity contribution in [2.75, 3.05) is 5.32 Å². The van der Waals surface area contributed by atoms with Gasteiger partial charge in [0.2, 0.25) is 5.91 Å². The number of pyridine rings is 1. The fraction of sp³-hybridized carbons (Fsp3) is 0.150.